The highest BCUT2D eigenvalue weighted by atomic mass is 19.1. The van der Waals surface area contributed by atoms with Gasteiger partial charge in [0.25, 0.3) is 0 Å². The van der Waals surface area contributed by atoms with Crippen molar-refractivity contribution in [2.24, 2.45) is 0 Å². The van der Waals surface area contributed by atoms with Crippen LogP contribution >= 0.6 is 0 Å². The summed E-state index contributed by atoms with van der Waals surface area (Å²) in [6, 6.07) is 5.70. The van der Waals surface area contributed by atoms with Crippen molar-refractivity contribution in [3.05, 3.63) is 48.0 Å². The van der Waals surface area contributed by atoms with E-state index in [0.717, 1.165) is 24.5 Å². The number of methoxy groups -OCH3 is 2. The number of halogens is 1. The molecule has 7 nitrogen and oxygen atoms in total. The summed E-state index contributed by atoms with van der Waals surface area (Å²) in [5.74, 6) is 0.0417. The van der Waals surface area contributed by atoms with Crippen molar-refractivity contribution in [3.8, 4) is 23.8 Å². The molecular weight excluding hydrogens is 389 g/mol. The van der Waals surface area contributed by atoms with E-state index in [4.69, 9.17) is 32.3 Å². The molecule has 0 amide bonds. The van der Waals surface area contributed by atoms with Gasteiger partial charge in [-0.3, -0.25) is 0 Å². The molecule has 0 aliphatic heterocycles. The second kappa shape index (κ2) is 10.4. The summed E-state index contributed by atoms with van der Waals surface area (Å²) in [6.07, 6.45) is 6.38. The monoisotopic (exact) mass is 423 g/mol. The maximum atomic E-state index is 13.9. The smallest absolute Gasteiger partial charge is 0.163 e. The van der Waals surface area contributed by atoms with E-state index in [1.165, 1.54) is 12.1 Å². The van der Waals surface area contributed by atoms with Crippen LogP contribution < -0.4 is 14.8 Å². The quantitative estimate of drug-likeness (QED) is 0.500. The number of ether oxygens (including phenoxy) is 4. The van der Waals surface area contributed by atoms with Crippen molar-refractivity contribution in [3.63, 3.8) is 0 Å². The van der Waals surface area contributed by atoms with E-state index in [1.54, 1.807) is 0 Å². The molecule has 0 fully saturated rings. The Hall–Kier alpha value is -3.41. The zero-order valence-electron chi connectivity index (χ0n) is 27.1. The molecule has 1 N–H and O–H groups in total. The highest BCUT2D eigenvalue weighted by Crippen LogP contribution is 2.35. The summed E-state index contributed by atoms with van der Waals surface area (Å²) >= 11 is 0. The molecule has 1 heterocycles. The van der Waals surface area contributed by atoms with Crippen LogP contribution in [0.2, 0.25) is 0 Å². The number of aromatic nitrogens is 2. The Morgan fingerprint density at radius 2 is 1.80 bits per heavy atom. The van der Waals surface area contributed by atoms with Crippen molar-refractivity contribution in [2.75, 3.05) is 45.7 Å². The minimum Gasteiger partial charge on any atom is -0.487 e. The molecule has 3 aromatic rings. The maximum absolute atomic E-state index is 13.9. The third kappa shape index (κ3) is 5.14. The Morgan fingerprint density at radius 3 is 2.50 bits per heavy atom. The van der Waals surface area contributed by atoms with E-state index >= 15 is 0 Å². The van der Waals surface area contributed by atoms with E-state index in [1.807, 2.05) is 0 Å². The minimum absolute atomic E-state index is 0.0103. The predicted octanol–water partition coefficient (Wildman–Crippen LogP) is 3.54. The molecule has 0 saturated heterocycles. The Balaban J connectivity index is 2.17. The van der Waals surface area contributed by atoms with Gasteiger partial charge in [-0.1, -0.05) is 5.92 Å². The zero-order valence-corrected chi connectivity index (χ0v) is 15.1. The third-order valence-corrected chi connectivity index (χ3v) is 3.61. The number of nitrogens with zero attached hydrogens (tertiary/aromatic N) is 2. The van der Waals surface area contributed by atoms with Gasteiger partial charge in [-0.15, -0.1) is 6.42 Å². The van der Waals surface area contributed by atoms with E-state index in [9.17, 15) is 4.39 Å². The number of hydrogen-bond acceptors (Lipinski definition) is 7. The van der Waals surface area contributed by atoms with Gasteiger partial charge in [-0.05, 0) is 24.3 Å². The maximum Gasteiger partial charge on any atom is 0.163 e. The lowest BCUT2D eigenvalue weighted by atomic mass is 10.1. The van der Waals surface area contributed by atoms with Crippen LogP contribution in [0.5, 0.6) is 11.5 Å². The molecule has 0 aliphatic carbocycles. The zero-order chi connectivity index (χ0) is 31.7. The second-order valence-electron chi connectivity index (χ2n) is 5.35. The summed E-state index contributed by atoms with van der Waals surface area (Å²) in [5.41, 5.74) is 0.186. The molecule has 8 heteroatoms. The fraction of sp³-hybridized carbons (Fsp3) is 0.273. The number of benzene rings is 2. The van der Waals surface area contributed by atoms with Crippen LogP contribution in [0, 0.1) is 18.2 Å². The number of rotatable bonds is 10. The first-order valence-corrected chi connectivity index (χ1v) is 8.03. The number of anilines is 2. The molecule has 0 radical (unpaired) electrons. The number of fused-ring (bicyclic) bond motifs is 1. The van der Waals surface area contributed by atoms with Crippen molar-refractivity contribution < 1.29 is 39.8 Å². The normalized spacial score (nSPS) is 18.6. The van der Waals surface area contributed by atoms with E-state index in [0.29, 0.717) is 0 Å². The average molecular weight is 424 g/mol. The first-order chi connectivity index (χ1) is 19.3. The minimum atomic E-state index is -3.46. The third-order valence-electron chi connectivity index (χ3n) is 3.61. The number of nitrogens with one attached hydrogen (secondary N) is 1. The van der Waals surface area contributed by atoms with Gasteiger partial charge >= 0.3 is 0 Å². The van der Waals surface area contributed by atoms with Crippen molar-refractivity contribution in [2.45, 2.75) is 0 Å². The highest BCUT2D eigenvalue weighted by Gasteiger charge is 2.13. The van der Waals surface area contributed by atoms with E-state index < -0.39 is 57.7 Å². The summed E-state index contributed by atoms with van der Waals surface area (Å²) in [5, 5.41) is 2.90. The van der Waals surface area contributed by atoms with Crippen molar-refractivity contribution >= 4 is 22.4 Å². The lowest BCUT2D eigenvalue weighted by Crippen LogP contribution is -2.09. The van der Waals surface area contributed by atoms with Gasteiger partial charge in [0.2, 0.25) is 0 Å². The lowest BCUT2D eigenvalue weighted by molar-refractivity contribution is 0.132. The van der Waals surface area contributed by atoms with Gasteiger partial charge in [-0.2, -0.15) is 0 Å². The molecule has 0 aliphatic rings. The van der Waals surface area contributed by atoms with Gasteiger partial charge in [0.15, 0.2) is 11.5 Å². The first kappa shape index (κ1) is 10.6. The Labute approximate surface area is 191 Å². The van der Waals surface area contributed by atoms with Gasteiger partial charge in [0, 0.05) is 31.3 Å². The molecule has 156 valence electrons. The molecule has 0 unspecified atom stereocenters. The summed E-state index contributed by atoms with van der Waals surface area (Å²) in [6.45, 7) is -13.7. The van der Waals surface area contributed by atoms with Crippen molar-refractivity contribution in [1.82, 2.24) is 9.97 Å². The van der Waals surface area contributed by atoms with Crippen LogP contribution in [0.1, 0.15) is 22.0 Å². The largest absolute Gasteiger partial charge is 0.487 e. The van der Waals surface area contributed by atoms with Crippen LogP contribution in [-0.4, -0.2) is 50.3 Å². The molecule has 1 aromatic heterocycles. The molecule has 3 rings (SSSR count). The van der Waals surface area contributed by atoms with Crippen LogP contribution in [-0.2, 0) is 9.47 Å². The number of hydrogen-bond donors (Lipinski definition) is 1. The highest BCUT2D eigenvalue weighted by molar-refractivity contribution is 5.93. The summed E-state index contributed by atoms with van der Waals surface area (Å²) in [7, 11) is -4.52. The summed E-state index contributed by atoms with van der Waals surface area (Å²) in [4.78, 5) is 8.11. The van der Waals surface area contributed by atoms with Gasteiger partial charge in [-0.25, -0.2) is 14.4 Å². The summed E-state index contributed by atoms with van der Waals surface area (Å²) < 4.78 is 125. The van der Waals surface area contributed by atoms with Crippen LogP contribution in [0.4, 0.5) is 15.9 Å². The SMILES string of the molecule is [2H]C([2H])OC([2H])([2H])C([2H])([2H])Oc1cc2ncnc(Nc3ccc(F)c(C#C)c3)c2cc1OC([2H])([2H])C([2H])([2H])OC([2H])[2H]. The van der Waals surface area contributed by atoms with Crippen LogP contribution in [0.15, 0.2) is 36.7 Å². The second-order valence-corrected chi connectivity index (χ2v) is 5.35. The van der Waals surface area contributed by atoms with Gasteiger partial charge in [0.1, 0.15) is 31.1 Å². The van der Waals surface area contributed by atoms with Gasteiger partial charge < -0.3 is 24.3 Å². The molecule has 0 atom stereocenters. The van der Waals surface area contributed by atoms with E-state index in [-0.39, 0.29) is 28.0 Å². The Morgan fingerprint density at radius 1 is 1.07 bits per heavy atom. The molecular formula is C22H22FN3O4. The molecule has 30 heavy (non-hydrogen) atoms. The topological polar surface area (TPSA) is 74.7 Å². The predicted molar refractivity (Wildman–Crippen MR) is 112 cm³/mol. The standard InChI is InChI=1S/C22H22FN3O4/c1-4-15-11-16(5-6-18(15)23)26-22-17-12-20(29-9-7-27-2)21(30-10-8-28-3)13-19(17)24-14-25-22/h1,5-6,11-14H,7-10H2,2-3H3,(H,24,25,26)/i2D2,3D2,7D2,8D2,9D2,10D2. The Bertz CT molecular complexity index is 1490. The van der Waals surface area contributed by atoms with Gasteiger partial charge in [0.05, 0.1) is 40.6 Å². The number of terminal acetylenes is 1. The molecule has 2 aromatic carbocycles. The first-order valence-electron chi connectivity index (χ1n) is 14.3. The fourth-order valence-electron chi connectivity index (χ4n) is 2.37. The van der Waals surface area contributed by atoms with E-state index in [2.05, 4.69) is 30.7 Å². The van der Waals surface area contributed by atoms with Crippen LogP contribution in [0.3, 0.4) is 0 Å². The van der Waals surface area contributed by atoms with Crippen molar-refractivity contribution in [1.29, 1.82) is 0 Å². The Kier molecular flexibility index (Phi) is 3.66. The molecule has 0 bridgehead atoms. The fourth-order valence-corrected chi connectivity index (χ4v) is 2.37. The molecule has 0 saturated carbocycles. The average Bonchev–Trinajstić information content (AvgIpc) is 2.83. The molecule has 0 spiro atoms. The lowest BCUT2D eigenvalue weighted by Gasteiger charge is -2.15. The van der Waals surface area contributed by atoms with Crippen LogP contribution in [0.25, 0.3) is 10.9 Å².